The minimum absolute atomic E-state index is 0.0303. The number of hydrogen-bond donors (Lipinski definition) is 2. The van der Waals surface area contributed by atoms with Gasteiger partial charge >= 0.3 is 6.08 Å². The molecule has 0 aliphatic carbocycles. The van der Waals surface area contributed by atoms with Crippen molar-refractivity contribution in [3.05, 3.63) is 40.7 Å². The molecule has 4 rings (SSSR count). The standard InChI is InChI=1S/C21H22FN7S/c1-4-13-7-15-16(30-11-25-15)8-14(13)9-17-26-18-19(23)27-21(22)28-20(18)29(17)6-5-24-10-12(2)3/h1,7-8,11-12,24H,5-6,9-10H2,2-3H3,(H2,23,27,28). The van der Waals surface area contributed by atoms with Crippen molar-refractivity contribution in [1.29, 1.82) is 0 Å². The van der Waals surface area contributed by atoms with E-state index in [4.69, 9.17) is 12.2 Å². The van der Waals surface area contributed by atoms with Crippen molar-refractivity contribution in [2.75, 3.05) is 18.8 Å². The Morgan fingerprint density at radius 1 is 1.30 bits per heavy atom. The van der Waals surface area contributed by atoms with Crippen LogP contribution in [0.25, 0.3) is 21.4 Å². The van der Waals surface area contributed by atoms with E-state index in [9.17, 15) is 4.39 Å². The zero-order valence-corrected chi connectivity index (χ0v) is 17.6. The van der Waals surface area contributed by atoms with Crippen LogP contribution in [-0.2, 0) is 13.0 Å². The Morgan fingerprint density at radius 2 is 2.13 bits per heavy atom. The number of hydrogen-bond acceptors (Lipinski definition) is 7. The Labute approximate surface area is 177 Å². The SMILES string of the molecule is C#Cc1cc2ncsc2cc1Cc1nc2c(N)nc(F)nc2n1CCNCC(C)C. The molecule has 1 aromatic carbocycles. The molecule has 0 atom stereocenters. The van der Waals surface area contributed by atoms with E-state index >= 15 is 0 Å². The lowest BCUT2D eigenvalue weighted by Crippen LogP contribution is -2.25. The third-order valence-electron chi connectivity index (χ3n) is 4.80. The summed E-state index contributed by atoms with van der Waals surface area (Å²) < 4.78 is 16.8. The van der Waals surface area contributed by atoms with Gasteiger partial charge < -0.3 is 15.6 Å². The number of aromatic nitrogens is 5. The van der Waals surface area contributed by atoms with E-state index in [0.717, 1.165) is 27.9 Å². The molecule has 0 saturated heterocycles. The van der Waals surface area contributed by atoms with Crippen molar-refractivity contribution in [1.82, 2.24) is 29.8 Å². The molecule has 7 nitrogen and oxygen atoms in total. The second kappa shape index (κ2) is 8.34. The summed E-state index contributed by atoms with van der Waals surface area (Å²) in [5.74, 6) is 4.01. The highest BCUT2D eigenvalue weighted by Gasteiger charge is 2.18. The first kappa shape index (κ1) is 20.2. The van der Waals surface area contributed by atoms with Crippen molar-refractivity contribution < 1.29 is 4.39 Å². The van der Waals surface area contributed by atoms with E-state index in [-0.39, 0.29) is 5.82 Å². The molecule has 4 aromatic rings. The number of anilines is 1. The first-order valence-electron chi connectivity index (χ1n) is 9.67. The van der Waals surface area contributed by atoms with E-state index in [2.05, 4.69) is 45.0 Å². The summed E-state index contributed by atoms with van der Waals surface area (Å²) in [7, 11) is 0. The van der Waals surface area contributed by atoms with Gasteiger partial charge in [-0.25, -0.2) is 9.97 Å². The fourth-order valence-electron chi connectivity index (χ4n) is 3.39. The monoisotopic (exact) mass is 423 g/mol. The lowest BCUT2D eigenvalue weighted by molar-refractivity contribution is 0.517. The second-order valence-electron chi connectivity index (χ2n) is 7.48. The van der Waals surface area contributed by atoms with Crippen LogP contribution in [-0.4, -0.2) is 37.6 Å². The maximum atomic E-state index is 13.9. The number of nitrogens with zero attached hydrogens (tertiary/aromatic N) is 5. The summed E-state index contributed by atoms with van der Waals surface area (Å²) in [6.07, 6.45) is 5.35. The van der Waals surface area contributed by atoms with Gasteiger partial charge in [-0.3, -0.25) is 0 Å². The fourth-order valence-corrected chi connectivity index (χ4v) is 4.11. The van der Waals surface area contributed by atoms with Gasteiger partial charge in [-0.05, 0) is 30.2 Å². The van der Waals surface area contributed by atoms with Crippen LogP contribution in [0.1, 0.15) is 30.8 Å². The number of imidazole rings is 1. The molecular formula is C21H22FN7S. The minimum Gasteiger partial charge on any atom is -0.382 e. The molecule has 0 radical (unpaired) electrons. The maximum Gasteiger partial charge on any atom is 0.312 e. The first-order valence-corrected chi connectivity index (χ1v) is 10.6. The number of nitrogen functional groups attached to an aromatic ring is 1. The topological polar surface area (TPSA) is 94.5 Å². The van der Waals surface area contributed by atoms with Gasteiger partial charge in [0, 0.05) is 25.1 Å². The van der Waals surface area contributed by atoms with Gasteiger partial charge in [0.05, 0.1) is 15.7 Å². The number of nitrogens with two attached hydrogens (primary N) is 1. The van der Waals surface area contributed by atoms with Gasteiger partial charge in [-0.2, -0.15) is 14.4 Å². The van der Waals surface area contributed by atoms with E-state index in [1.165, 1.54) is 0 Å². The molecule has 0 unspecified atom stereocenters. The lowest BCUT2D eigenvalue weighted by Gasteiger charge is -2.12. The average Bonchev–Trinajstić information content (AvgIpc) is 3.29. The molecule has 0 saturated carbocycles. The smallest absolute Gasteiger partial charge is 0.312 e. The Morgan fingerprint density at radius 3 is 2.90 bits per heavy atom. The molecule has 0 amide bonds. The molecule has 0 fully saturated rings. The van der Waals surface area contributed by atoms with Crippen LogP contribution in [0.5, 0.6) is 0 Å². The summed E-state index contributed by atoms with van der Waals surface area (Å²) in [6, 6.07) is 3.95. The van der Waals surface area contributed by atoms with Crippen LogP contribution in [0.4, 0.5) is 10.2 Å². The van der Waals surface area contributed by atoms with Crippen molar-refractivity contribution >= 4 is 38.5 Å². The largest absolute Gasteiger partial charge is 0.382 e. The van der Waals surface area contributed by atoms with Crippen LogP contribution < -0.4 is 11.1 Å². The molecule has 3 N–H and O–H groups in total. The number of rotatable bonds is 7. The van der Waals surface area contributed by atoms with E-state index in [1.54, 1.807) is 16.8 Å². The zero-order valence-electron chi connectivity index (χ0n) is 16.8. The lowest BCUT2D eigenvalue weighted by atomic mass is 10.0. The van der Waals surface area contributed by atoms with Gasteiger partial charge in [0.15, 0.2) is 17.0 Å². The molecule has 3 heterocycles. The Balaban J connectivity index is 1.75. The van der Waals surface area contributed by atoms with Crippen LogP contribution in [0.15, 0.2) is 17.6 Å². The van der Waals surface area contributed by atoms with Crippen LogP contribution in [0.3, 0.4) is 0 Å². The van der Waals surface area contributed by atoms with Crippen LogP contribution >= 0.6 is 11.3 Å². The number of benzene rings is 1. The predicted molar refractivity (Wildman–Crippen MR) is 118 cm³/mol. The second-order valence-corrected chi connectivity index (χ2v) is 8.36. The van der Waals surface area contributed by atoms with Gasteiger partial charge in [-0.15, -0.1) is 17.8 Å². The molecular weight excluding hydrogens is 401 g/mol. The third kappa shape index (κ3) is 3.97. The number of halogens is 1. The first-order chi connectivity index (χ1) is 14.5. The van der Waals surface area contributed by atoms with Gasteiger partial charge in [0.25, 0.3) is 0 Å². The summed E-state index contributed by atoms with van der Waals surface area (Å²) in [6.45, 7) is 6.44. The number of terminal acetylenes is 1. The highest BCUT2D eigenvalue weighted by molar-refractivity contribution is 7.16. The molecule has 0 bridgehead atoms. The van der Waals surface area contributed by atoms with Gasteiger partial charge in [-0.1, -0.05) is 19.8 Å². The van der Waals surface area contributed by atoms with Crippen molar-refractivity contribution in [3.8, 4) is 12.3 Å². The average molecular weight is 424 g/mol. The van der Waals surface area contributed by atoms with Crippen LogP contribution in [0, 0.1) is 24.3 Å². The summed E-state index contributed by atoms with van der Waals surface area (Å²) in [5.41, 5.74) is 11.1. The Bertz CT molecular complexity index is 1250. The van der Waals surface area contributed by atoms with E-state index in [0.29, 0.717) is 42.4 Å². The van der Waals surface area contributed by atoms with Crippen LogP contribution in [0.2, 0.25) is 0 Å². The zero-order chi connectivity index (χ0) is 21.3. The maximum absolute atomic E-state index is 13.9. The van der Waals surface area contributed by atoms with E-state index < -0.39 is 6.08 Å². The Kier molecular flexibility index (Phi) is 5.61. The van der Waals surface area contributed by atoms with Gasteiger partial charge in [0.2, 0.25) is 0 Å². The molecule has 9 heteroatoms. The molecule has 3 aromatic heterocycles. The minimum atomic E-state index is -0.863. The number of fused-ring (bicyclic) bond motifs is 2. The summed E-state index contributed by atoms with van der Waals surface area (Å²) in [4.78, 5) is 16.6. The van der Waals surface area contributed by atoms with Crippen molar-refractivity contribution in [3.63, 3.8) is 0 Å². The highest BCUT2D eigenvalue weighted by atomic mass is 32.1. The van der Waals surface area contributed by atoms with Crippen molar-refractivity contribution in [2.24, 2.45) is 5.92 Å². The molecule has 154 valence electrons. The molecule has 0 aliphatic rings. The highest BCUT2D eigenvalue weighted by Crippen LogP contribution is 2.26. The van der Waals surface area contributed by atoms with E-state index in [1.807, 2.05) is 16.7 Å². The van der Waals surface area contributed by atoms with Crippen molar-refractivity contribution in [2.45, 2.75) is 26.8 Å². The predicted octanol–water partition coefficient (Wildman–Crippen LogP) is 2.98. The Hall–Kier alpha value is -3.09. The number of thiazole rings is 1. The van der Waals surface area contributed by atoms with Gasteiger partial charge in [0.1, 0.15) is 5.82 Å². The molecule has 30 heavy (non-hydrogen) atoms. The normalized spacial score (nSPS) is 11.6. The summed E-state index contributed by atoms with van der Waals surface area (Å²) >= 11 is 1.56. The molecule has 0 spiro atoms. The number of nitrogens with one attached hydrogen (secondary N) is 1. The fraction of sp³-hybridized carbons (Fsp3) is 0.333. The molecule has 0 aliphatic heterocycles. The summed E-state index contributed by atoms with van der Waals surface area (Å²) in [5, 5.41) is 3.40. The quantitative estimate of drug-likeness (QED) is 0.270. The third-order valence-corrected chi connectivity index (χ3v) is 5.59.